The molecule has 1 atom stereocenters. The lowest BCUT2D eigenvalue weighted by Crippen LogP contribution is -2.42. The summed E-state index contributed by atoms with van der Waals surface area (Å²) < 4.78 is 27.1. The Morgan fingerprint density at radius 2 is 2.04 bits per heavy atom. The van der Waals surface area contributed by atoms with Crippen LogP contribution in [0.1, 0.15) is 19.8 Å². The van der Waals surface area contributed by atoms with Gasteiger partial charge >= 0.3 is 0 Å². The quantitative estimate of drug-likeness (QED) is 0.930. The van der Waals surface area contributed by atoms with E-state index in [0.29, 0.717) is 24.3 Å². The Hall–Kier alpha value is -2.83. The summed E-state index contributed by atoms with van der Waals surface area (Å²) in [6.45, 7) is 2.00. The van der Waals surface area contributed by atoms with Crippen molar-refractivity contribution in [1.29, 1.82) is 0 Å². The van der Waals surface area contributed by atoms with Gasteiger partial charge in [-0.25, -0.2) is 13.8 Å². The number of carbonyl (C=O) groups excluding carboxylic acids is 2. The van der Waals surface area contributed by atoms with Gasteiger partial charge < -0.3 is 10.2 Å². The van der Waals surface area contributed by atoms with Crippen molar-refractivity contribution in [2.75, 3.05) is 11.9 Å². The molecule has 7 heteroatoms. The van der Waals surface area contributed by atoms with Gasteiger partial charge in [-0.15, -0.1) is 0 Å². The van der Waals surface area contributed by atoms with Crippen molar-refractivity contribution in [1.82, 2.24) is 9.88 Å². The second kappa shape index (κ2) is 6.96. The molecule has 1 saturated heterocycles. The van der Waals surface area contributed by atoms with Crippen LogP contribution in [0.3, 0.4) is 0 Å². The summed E-state index contributed by atoms with van der Waals surface area (Å²) in [5.74, 6) is -2.02. The summed E-state index contributed by atoms with van der Waals surface area (Å²) in [6, 6.07) is 6.49. The fourth-order valence-corrected chi connectivity index (χ4v) is 2.98. The average molecular weight is 345 g/mol. The van der Waals surface area contributed by atoms with Crippen LogP contribution in [0.5, 0.6) is 0 Å². The molecular weight excluding hydrogens is 328 g/mol. The van der Waals surface area contributed by atoms with Crippen LogP contribution in [0.15, 0.2) is 36.5 Å². The summed E-state index contributed by atoms with van der Waals surface area (Å²) in [4.78, 5) is 29.5. The molecule has 2 aromatic rings. The molecule has 0 unspecified atom stereocenters. The molecule has 1 aromatic carbocycles. The number of hydrogen-bond donors (Lipinski definition) is 1. The Morgan fingerprint density at radius 3 is 2.72 bits per heavy atom. The van der Waals surface area contributed by atoms with Crippen LogP contribution in [0, 0.1) is 11.6 Å². The zero-order valence-corrected chi connectivity index (χ0v) is 13.6. The Bertz CT molecular complexity index is 808. The highest BCUT2D eigenvalue weighted by molar-refractivity contribution is 5.96. The smallest absolute Gasteiger partial charge is 0.248 e. The minimum Gasteiger partial charge on any atom is -0.331 e. The third-order valence-electron chi connectivity index (χ3n) is 4.24. The van der Waals surface area contributed by atoms with E-state index >= 15 is 0 Å². The largest absolute Gasteiger partial charge is 0.331 e. The van der Waals surface area contributed by atoms with Crippen molar-refractivity contribution >= 4 is 17.6 Å². The van der Waals surface area contributed by atoms with E-state index in [-0.39, 0.29) is 17.4 Å². The highest BCUT2D eigenvalue weighted by Crippen LogP contribution is 2.25. The third-order valence-corrected chi connectivity index (χ3v) is 4.24. The summed E-state index contributed by atoms with van der Waals surface area (Å²) in [7, 11) is 0. The molecule has 1 fully saturated rings. The lowest BCUT2D eigenvalue weighted by Gasteiger charge is -2.22. The Labute approximate surface area is 143 Å². The number of likely N-dealkylation sites (tertiary alicyclic amines) is 1. The maximum absolute atomic E-state index is 13.8. The molecule has 0 spiro atoms. The van der Waals surface area contributed by atoms with Crippen LogP contribution in [0.25, 0.3) is 11.1 Å². The first kappa shape index (κ1) is 17.0. The van der Waals surface area contributed by atoms with E-state index in [2.05, 4.69) is 10.3 Å². The Morgan fingerprint density at radius 1 is 1.24 bits per heavy atom. The minimum absolute atomic E-state index is 0.101. The molecule has 5 nitrogen and oxygen atoms in total. The molecule has 0 bridgehead atoms. The van der Waals surface area contributed by atoms with Gasteiger partial charge in [0.2, 0.25) is 11.8 Å². The first-order valence-electron chi connectivity index (χ1n) is 7.96. The molecule has 25 heavy (non-hydrogen) atoms. The predicted molar refractivity (Wildman–Crippen MR) is 88.6 cm³/mol. The molecule has 2 heterocycles. The van der Waals surface area contributed by atoms with Gasteiger partial charge in [0.15, 0.2) is 11.6 Å². The minimum atomic E-state index is -0.941. The Kier molecular flexibility index (Phi) is 4.74. The normalized spacial score (nSPS) is 16.8. The monoisotopic (exact) mass is 345 g/mol. The van der Waals surface area contributed by atoms with Crippen LogP contribution in [-0.2, 0) is 9.59 Å². The van der Waals surface area contributed by atoms with Gasteiger partial charge in [-0.2, -0.15) is 0 Å². The third kappa shape index (κ3) is 3.50. The molecule has 1 aliphatic heterocycles. The summed E-state index contributed by atoms with van der Waals surface area (Å²) in [6.07, 6.45) is 2.76. The molecule has 130 valence electrons. The number of halogens is 2. The van der Waals surface area contributed by atoms with E-state index in [1.807, 2.05) is 0 Å². The van der Waals surface area contributed by atoms with Gasteiger partial charge in [0, 0.05) is 30.8 Å². The number of benzene rings is 1. The van der Waals surface area contributed by atoms with Crippen molar-refractivity contribution in [3.63, 3.8) is 0 Å². The fraction of sp³-hybridized carbons (Fsp3) is 0.278. The first-order chi connectivity index (χ1) is 12.0. The van der Waals surface area contributed by atoms with Crippen LogP contribution < -0.4 is 5.32 Å². The van der Waals surface area contributed by atoms with Crippen molar-refractivity contribution in [2.45, 2.75) is 25.8 Å². The molecule has 1 N–H and O–H groups in total. The number of hydrogen-bond acceptors (Lipinski definition) is 3. The number of anilines is 1. The van der Waals surface area contributed by atoms with Gasteiger partial charge in [0.1, 0.15) is 11.9 Å². The van der Waals surface area contributed by atoms with Gasteiger partial charge in [-0.05, 0) is 31.0 Å². The van der Waals surface area contributed by atoms with Crippen LogP contribution in [-0.4, -0.2) is 34.3 Å². The van der Waals surface area contributed by atoms with Gasteiger partial charge in [0.05, 0.1) is 0 Å². The van der Waals surface area contributed by atoms with Crippen molar-refractivity contribution in [3.05, 3.63) is 48.2 Å². The number of pyridine rings is 1. The van der Waals surface area contributed by atoms with Gasteiger partial charge in [-0.3, -0.25) is 9.59 Å². The van der Waals surface area contributed by atoms with E-state index in [1.54, 1.807) is 6.07 Å². The second-order valence-corrected chi connectivity index (χ2v) is 5.89. The number of carbonyl (C=O) groups is 2. The number of amides is 2. The second-order valence-electron chi connectivity index (χ2n) is 5.89. The summed E-state index contributed by atoms with van der Waals surface area (Å²) in [5.41, 5.74) is 0.505. The number of aromatic nitrogens is 1. The predicted octanol–water partition coefficient (Wildman–Crippen LogP) is 2.98. The SMILES string of the molecule is CC(=O)N1CCC[C@H]1C(=O)Nc1ccc(-c2cccc(F)c2F)cn1. The van der Waals surface area contributed by atoms with Gasteiger partial charge in [0.25, 0.3) is 0 Å². The van der Waals surface area contributed by atoms with Crippen LogP contribution in [0.2, 0.25) is 0 Å². The molecule has 1 aromatic heterocycles. The van der Waals surface area contributed by atoms with E-state index in [0.717, 1.165) is 12.5 Å². The van der Waals surface area contributed by atoms with Crippen LogP contribution in [0.4, 0.5) is 14.6 Å². The van der Waals surface area contributed by atoms with Crippen LogP contribution >= 0.6 is 0 Å². The van der Waals surface area contributed by atoms with E-state index in [9.17, 15) is 18.4 Å². The van der Waals surface area contributed by atoms with Crippen molar-refractivity contribution in [2.24, 2.45) is 0 Å². The number of rotatable bonds is 3. The standard InChI is InChI=1S/C18H17F2N3O2/c1-11(24)23-9-3-6-15(23)18(25)22-16-8-7-12(10-21-16)13-4-2-5-14(19)17(13)20/h2,4-5,7-8,10,15H,3,6,9H2,1H3,(H,21,22,25)/t15-/m0/s1. The molecule has 0 aliphatic carbocycles. The lowest BCUT2D eigenvalue weighted by molar-refractivity contribution is -0.134. The molecule has 1 aliphatic rings. The van der Waals surface area contributed by atoms with E-state index < -0.39 is 17.7 Å². The summed E-state index contributed by atoms with van der Waals surface area (Å²) in [5, 5.41) is 2.66. The maximum atomic E-state index is 13.8. The van der Waals surface area contributed by atoms with E-state index in [1.165, 1.54) is 36.2 Å². The molecule has 3 rings (SSSR count). The van der Waals surface area contributed by atoms with Gasteiger partial charge in [-0.1, -0.05) is 12.1 Å². The lowest BCUT2D eigenvalue weighted by atomic mass is 10.1. The molecule has 0 saturated carbocycles. The zero-order valence-electron chi connectivity index (χ0n) is 13.6. The zero-order chi connectivity index (χ0) is 18.0. The fourth-order valence-electron chi connectivity index (χ4n) is 2.98. The van der Waals surface area contributed by atoms with E-state index in [4.69, 9.17) is 0 Å². The highest BCUT2D eigenvalue weighted by Gasteiger charge is 2.32. The maximum Gasteiger partial charge on any atom is 0.248 e. The average Bonchev–Trinajstić information content (AvgIpc) is 3.08. The first-order valence-corrected chi connectivity index (χ1v) is 7.96. The molecular formula is C18H17F2N3O2. The van der Waals surface area contributed by atoms with Crippen molar-refractivity contribution < 1.29 is 18.4 Å². The topological polar surface area (TPSA) is 62.3 Å². The number of nitrogens with one attached hydrogen (secondary N) is 1. The summed E-state index contributed by atoms with van der Waals surface area (Å²) >= 11 is 0. The van der Waals surface area contributed by atoms with Crippen molar-refractivity contribution in [3.8, 4) is 11.1 Å². The Balaban J connectivity index is 1.74. The highest BCUT2D eigenvalue weighted by atomic mass is 19.2. The number of nitrogens with zero attached hydrogens (tertiary/aromatic N) is 2. The molecule has 2 amide bonds. The molecule has 0 radical (unpaired) electrons.